The number of carbonyl (C=O) groups excluding carboxylic acids is 1. The van der Waals surface area contributed by atoms with Gasteiger partial charge in [-0.25, -0.2) is 0 Å². The predicted octanol–water partition coefficient (Wildman–Crippen LogP) is 3.08. The third kappa shape index (κ3) is 1.54. The number of rotatable bonds is 0. The Hall–Kier alpha value is -1.45. The van der Waals surface area contributed by atoms with Crippen LogP contribution in [0.5, 0.6) is 0 Å². The van der Waals surface area contributed by atoms with Crippen molar-refractivity contribution in [1.29, 1.82) is 0 Å². The molecule has 1 unspecified atom stereocenters. The topological polar surface area (TPSA) is 37.3 Å². The van der Waals surface area contributed by atoms with Crippen LogP contribution in [0.25, 0.3) is 0 Å². The maximum absolute atomic E-state index is 12.3. The van der Waals surface area contributed by atoms with Crippen LogP contribution in [0.4, 0.5) is 0 Å². The smallest absolute Gasteiger partial charge is 0.193 e. The molecule has 0 heterocycles. The molecule has 1 atom stereocenters. The number of benzene rings is 2. The molecule has 0 aliphatic heterocycles. The zero-order chi connectivity index (χ0) is 12.0. The summed E-state index contributed by atoms with van der Waals surface area (Å²) in [5.41, 5.74) is 2.53. The van der Waals surface area contributed by atoms with E-state index in [4.69, 9.17) is 0 Å². The number of fused-ring (bicyclic) bond motifs is 2. The molecular formula is C14H9BrO2. The Balaban J connectivity index is 2.29. The Morgan fingerprint density at radius 2 is 1.71 bits per heavy atom. The fourth-order valence-corrected chi connectivity index (χ4v) is 2.58. The Bertz CT molecular complexity index is 619. The molecule has 2 nitrogen and oxygen atoms in total. The first kappa shape index (κ1) is 10.7. The molecular weight excluding hydrogens is 280 g/mol. The number of carbonyl (C=O) groups is 1. The molecule has 17 heavy (non-hydrogen) atoms. The van der Waals surface area contributed by atoms with E-state index < -0.39 is 6.10 Å². The van der Waals surface area contributed by atoms with Crippen molar-refractivity contribution in [2.24, 2.45) is 0 Å². The third-order valence-corrected chi connectivity index (χ3v) is 3.55. The quantitative estimate of drug-likeness (QED) is 0.809. The summed E-state index contributed by atoms with van der Waals surface area (Å²) in [6, 6.07) is 12.6. The SMILES string of the molecule is O=C1c2ccccc2C(O)c2ccc(Br)cc21. The molecule has 0 saturated heterocycles. The van der Waals surface area contributed by atoms with Gasteiger partial charge in [0, 0.05) is 15.6 Å². The standard InChI is InChI=1S/C14H9BrO2/c15-8-5-6-11-12(7-8)14(17)10-4-2-1-3-9(10)13(11)16/h1-7,13,16H. The second-order valence-electron chi connectivity index (χ2n) is 4.05. The third-order valence-electron chi connectivity index (χ3n) is 3.05. The van der Waals surface area contributed by atoms with Gasteiger partial charge in [-0.3, -0.25) is 4.79 Å². The average molecular weight is 289 g/mol. The lowest BCUT2D eigenvalue weighted by molar-refractivity contribution is 0.101. The summed E-state index contributed by atoms with van der Waals surface area (Å²) in [5, 5.41) is 10.3. The van der Waals surface area contributed by atoms with E-state index in [0.717, 1.165) is 4.47 Å². The predicted molar refractivity (Wildman–Crippen MR) is 68.1 cm³/mol. The van der Waals surface area contributed by atoms with Gasteiger partial charge in [0.25, 0.3) is 0 Å². The first-order valence-electron chi connectivity index (χ1n) is 5.29. The van der Waals surface area contributed by atoms with Crippen LogP contribution in [0.2, 0.25) is 0 Å². The molecule has 0 saturated carbocycles. The maximum Gasteiger partial charge on any atom is 0.193 e. The fourth-order valence-electron chi connectivity index (χ4n) is 2.22. The van der Waals surface area contributed by atoms with Gasteiger partial charge in [-0.1, -0.05) is 46.3 Å². The van der Waals surface area contributed by atoms with Gasteiger partial charge in [0.15, 0.2) is 5.78 Å². The Morgan fingerprint density at radius 1 is 1.00 bits per heavy atom. The van der Waals surface area contributed by atoms with Crippen LogP contribution < -0.4 is 0 Å². The van der Waals surface area contributed by atoms with E-state index >= 15 is 0 Å². The Kier molecular flexibility index (Phi) is 2.38. The highest BCUT2D eigenvalue weighted by atomic mass is 79.9. The molecule has 0 amide bonds. The molecule has 3 rings (SSSR count). The van der Waals surface area contributed by atoms with Gasteiger partial charge in [0.1, 0.15) is 6.10 Å². The minimum absolute atomic E-state index is 0.0257. The van der Waals surface area contributed by atoms with Gasteiger partial charge in [-0.15, -0.1) is 0 Å². The molecule has 2 aromatic carbocycles. The summed E-state index contributed by atoms with van der Waals surface area (Å²) in [5.74, 6) is -0.0257. The van der Waals surface area contributed by atoms with Crippen LogP contribution in [0.1, 0.15) is 33.2 Å². The van der Waals surface area contributed by atoms with Gasteiger partial charge in [-0.05, 0) is 23.3 Å². The van der Waals surface area contributed by atoms with Crippen molar-refractivity contribution in [3.63, 3.8) is 0 Å². The van der Waals surface area contributed by atoms with E-state index in [1.165, 1.54) is 0 Å². The van der Waals surface area contributed by atoms with Crippen LogP contribution in [0, 0.1) is 0 Å². The lowest BCUT2D eigenvalue weighted by Gasteiger charge is -2.23. The molecule has 0 fully saturated rings. The van der Waals surface area contributed by atoms with Gasteiger partial charge in [0.2, 0.25) is 0 Å². The summed E-state index contributed by atoms with van der Waals surface area (Å²) in [7, 11) is 0. The number of aliphatic hydroxyl groups excluding tert-OH is 1. The molecule has 1 aliphatic rings. The molecule has 84 valence electrons. The van der Waals surface area contributed by atoms with Crippen molar-refractivity contribution in [3.8, 4) is 0 Å². The van der Waals surface area contributed by atoms with Crippen LogP contribution in [0.3, 0.4) is 0 Å². The van der Waals surface area contributed by atoms with Gasteiger partial charge in [-0.2, -0.15) is 0 Å². The van der Waals surface area contributed by atoms with E-state index in [9.17, 15) is 9.90 Å². The van der Waals surface area contributed by atoms with Crippen molar-refractivity contribution >= 4 is 21.7 Å². The molecule has 2 aromatic rings. The number of halogens is 1. The monoisotopic (exact) mass is 288 g/mol. The lowest BCUT2D eigenvalue weighted by Crippen LogP contribution is -2.19. The number of aliphatic hydroxyl groups is 1. The summed E-state index contributed by atoms with van der Waals surface area (Å²) in [6.45, 7) is 0. The molecule has 0 spiro atoms. The van der Waals surface area contributed by atoms with E-state index in [1.54, 1.807) is 24.3 Å². The van der Waals surface area contributed by atoms with Crippen molar-refractivity contribution in [1.82, 2.24) is 0 Å². The fraction of sp³-hybridized carbons (Fsp3) is 0.0714. The number of hydrogen-bond donors (Lipinski definition) is 1. The summed E-state index contributed by atoms with van der Waals surface area (Å²) in [4.78, 5) is 12.3. The number of ketones is 1. The van der Waals surface area contributed by atoms with Crippen molar-refractivity contribution in [2.45, 2.75) is 6.10 Å². The molecule has 0 radical (unpaired) electrons. The number of hydrogen-bond acceptors (Lipinski definition) is 2. The Morgan fingerprint density at radius 3 is 2.53 bits per heavy atom. The highest BCUT2D eigenvalue weighted by Crippen LogP contribution is 2.35. The van der Waals surface area contributed by atoms with E-state index in [0.29, 0.717) is 22.3 Å². The van der Waals surface area contributed by atoms with Crippen molar-refractivity contribution in [3.05, 3.63) is 69.2 Å². The van der Waals surface area contributed by atoms with E-state index in [2.05, 4.69) is 15.9 Å². The summed E-state index contributed by atoms with van der Waals surface area (Å²) < 4.78 is 0.844. The second kappa shape index (κ2) is 3.79. The first-order valence-corrected chi connectivity index (χ1v) is 6.09. The lowest BCUT2D eigenvalue weighted by atomic mass is 9.83. The normalized spacial score (nSPS) is 17.5. The van der Waals surface area contributed by atoms with Crippen molar-refractivity contribution in [2.75, 3.05) is 0 Å². The summed E-state index contributed by atoms with van der Waals surface area (Å²) in [6.07, 6.45) is -0.716. The maximum atomic E-state index is 12.3. The largest absolute Gasteiger partial charge is 0.384 e. The highest BCUT2D eigenvalue weighted by Gasteiger charge is 2.29. The second-order valence-corrected chi connectivity index (χ2v) is 4.97. The van der Waals surface area contributed by atoms with E-state index in [1.807, 2.05) is 18.2 Å². The minimum Gasteiger partial charge on any atom is -0.384 e. The molecule has 1 aliphatic carbocycles. The first-order chi connectivity index (χ1) is 8.18. The zero-order valence-corrected chi connectivity index (χ0v) is 10.4. The average Bonchev–Trinajstić information content (AvgIpc) is 2.36. The molecule has 3 heteroatoms. The van der Waals surface area contributed by atoms with Crippen LogP contribution in [-0.4, -0.2) is 10.9 Å². The molecule has 0 aromatic heterocycles. The summed E-state index contributed by atoms with van der Waals surface area (Å²) >= 11 is 3.34. The minimum atomic E-state index is -0.716. The highest BCUT2D eigenvalue weighted by molar-refractivity contribution is 9.10. The van der Waals surface area contributed by atoms with Gasteiger partial charge < -0.3 is 5.11 Å². The molecule has 1 N–H and O–H groups in total. The van der Waals surface area contributed by atoms with E-state index in [-0.39, 0.29) is 5.78 Å². The van der Waals surface area contributed by atoms with Gasteiger partial charge in [0.05, 0.1) is 0 Å². The van der Waals surface area contributed by atoms with Crippen LogP contribution in [0.15, 0.2) is 46.9 Å². The van der Waals surface area contributed by atoms with Crippen molar-refractivity contribution < 1.29 is 9.90 Å². The zero-order valence-electron chi connectivity index (χ0n) is 8.85. The molecule has 0 bridgehead atoms. The Labute approximate surface area is 107 Å². The van der Waals surface area contributed by atoms with Crippen LogP contribution in [-0.2, 0) is 0 Å². The van der Waals surface area contributed by atoms with Gasteiger partial charge >= 0.3 is 0 Å². The van der Waals surface area contributed by atoms with Crippen LogP contribution >= 0.6 is 15.9 Å².